The molecule has 0 aromatic heterocycles. The Kier molecular flexibility index (Phi) is 8.59. The highest BCUT2D eigenvalue weighted by molar-refractivity contribution is 7.47. The number of amides is 1. The number of benzene rings is 1. The van der Waals surface area contributed by atoms with Gasteiger partial charge in [0.25, 0.3) is 0 Å². The fraction of sp³-hybridized carbons (Fsp3) is 0.562. The van der Waals surface area contributed by atoms with Gasteiger partial charge in [-0.25, -0.2) is 4.57 Å². The van der Waals surface area contributed by atoms with Crippen molar-refractivity contribution >= 4 is 13.7 Å². The molecule has 1 aromatic carbocycles. The van der Waals surface area contributed by atoms with E-state index in [1.807, 2.05) is 25.1 Å². The van der Waals surface area contributed by atoms with E-state index in [1.54, 1.807) is 14.0 Å². The van der Waals surface area contributed by atoms with Crippen LogP contribution in [0.4, 0.5) is 0 Å². The lowest BCUT2D eigenvalue weighted by molar-refractivity contribution is -0.121. The number of hydrogen-bond acceptors (Lipinski definition) is 5. The Bertz CT molecular complexity index is 592. The molecule has 136 valence electrons. The van der Waals surface area contributed by atoms with Gasteiger partial charge >= 0.3 is 7.82 Å². The van der Waals surface area contributed by atoms with Crippen LogP contribution in [0.2, 0.25) is 0 Å². The zero-order chi connectivity index (χ0) is 18.2. The van der Waals surface area contributed by atoms with Crippen LogP contribution in [0.3, 0.4) is 0 Å². The Hall–Kier alpha value is -1.24. The van der Waals surface area contributed by atoms with Gasteiger partial charge in [0.2, 0.25) is 5.91 Å². The average molecular weight is 359 g/mol. The quantitative estimate of drug-likeness (QED) is 0.493. The van der Waals surface area contributed by atoms with E-state index >= 15 is 0 Å². The van der Waals surface area contributed by atoms with Gasteiger partial charge in [-0.1, -0.05) is 18.2 Å². The molecule has 0 aliphatic heterocycles. The zero-order valence-electron chi connectivity index (χ0n) is 14.6. The van der Waals surface area contributed by atoms with E-state index in [1.165, 1.54) is 0 Å². The molecule has 0 bridgehead atoms. The third kappa shape index (κ3) is 7.11. The van der Waals surface area contributed by atoms with Crippen LogP contribution in [0, 0.1) is 6.92 Å². The third-order valence-corrected chi connectivity index (χ3v) is 4.59. The molecule has 2 atom stereocenters. The lowest BCUT2D eigenvalue weighted by Crippen LogP contribution is -2.22. The molecule has 7 nitrogen and oxygen atoms in total. The minimum Gasteiger partial charge on any atom is -0.385 e. The molecule has 0 saturated heterocycles. The van der Waals surface area contributed by atoms with Gasteiger partial charge in [-0.2, -0.15) is 0 Å². The first-order valence-electron chi connectivity index (χ1n) is 7.71. The molecular weight excluding hydrogens is 333 g/mol. The van der Waals surface area contributed by atoms with E-state index in [-0.39, 0.29) is 5.91 Å². The average Bonchev–Trinajstić information content (AvgIpc) is 2.53. The fourth-order valence-electron chi connectivity index (χ4n) is 2.20. The van der Waals surface area contributed by atoms with Crippen LogP contribution in [0.5, 0.6) is 0 Å². The highest BCUT2D eigenvalue weighted by atomic mass is 31.2. The Morgan fingerprint density at radius 1 is 1.38 bits per heavy atom. The number of rotatable bonds is 10. The molecule has 1 aromatic rings. The van der Waals surface area contributed by atoms with Crippen LogP contribution < -0.4 is 5.32 Å². The summed E-state index contributed by atoms with van der Waals surface area (Å²) in [6.07, 6.45) is 0.473. The van der Waals surface area contributed by atoms with E-state index in [9.17, 15) is 14.3 Å². The van der Waals surface area contributed by atoms with Gasteiger partial charge in [-0.05, 0) is 37.0 Å². The summed E-state index contributed by atoms with van der Waals surface area (Å²) in [7, 11) is -1.34. The lowest BCUT2D eigenvalue weighted by atomic mass is 10.0. The number of ether oxygens (including phenoxy) is 1. The van der Waals surface area contributed by atoms with Gasteiger partial charge in [-0.15, -0.1) is 0 Å². The maximum absolute atomic E-state index is 11.7. The van der Waals surface area contributed by atoms with E-state index in [0.717, 1.165) is 23.8 Å². The maximum Gasteiger partial charge on any atom is 0.472 e. The molecule has 8 heteroatoms. The Balaban J connectivity index is 2.69. The van der Waals surface area contributed by atoms with Crippen molar-refractivity contribution in [3.8, 4) is 0 Å². The summed E-state index contributed by atoms with van der Waals surface area (Å²) in [5.74, 6) is -0.0438. The van der Waals surface area contributed by atoms with Crippen LogP contribution in [-0.4, -0.2) is 31.6 Å². The summed E-state index contributed by atoms with van der Waals surface area (Å²) >= 11 is 0. The summed E-state index contributed by atoms with van der Waals surface area (Å²) in [6, 6.07) is 5.64. The number of aryl methyl sites for hydroxylation is 1. The highest BCUT2D eigenvalue weighted by Gasteiger charge is 2.24. The molecule has 1 rings (SSSR count). The molecule has 2 unspecified atom stereocenters. The van der Waals surface area contributed by atoms with E-state index in [4.69, 9.17) is 9.26 Å². The van der Waals surface area contributed by atoms with Gasteiger partial charge < -0.3 is 14.9 Å². The molecule has 0 saturated carbocycles. The second-order valence-corrected chi connectivity index (χ2v) is 6.98. The van der Waals surface area contributed by atoms with Gasteiger partial charge in [0.1, 0.15) is 0 Å². The molecule has 0 heterocycles. The smallest absolute Gasteiger partial charge is 0.385 e. The maximum atomic E-state index is 11.7. The van der Waals surface area contributed by atoms with Crippen molar-refractivity contribution < 1.29 is 28.0 Å². The normalized spacial score (nSPS) is 14.9. The van der Waals surface area contributed by atoms with Gasteiger partial charge in [0.05, 0.1) is 6.10 Å². The summed E-state index contributed by atoms with van der Waals surface area (Å²) in [5, 5.41) is 2.84. The van der Waals surface area contributed by atoms with Crippen molar-refractivity contribution in [1.82, 2.24) is 5.32 Å². The van der Waals surface area contributed by atoms with Crippen LogP contribution >= 0.6 is 7.82 Å². The molecular formula is C16H26NO6P. The van der Waals surface area contributed by atoms with E-state index in [2.05, 4.69) is 9.84 Å². The number of carbonyl (C=O) groups excluding carboxylic acids is 1. The molecule has 2 N–H and O–H groups in total. The minimum absolute atomic E-state index is 0.0438. The SMILES string of the molecule is COCCCC(=O)NCc1ccc(C)c(C(C)OP(=O)(O)OC)c1. The topological polar surface area (TPSA) is 94.1 Å². The Labute approximate surface area is 142 Å². The van der Waals surface area contributed by atoms with Crippen LogP contribution in [-0.2, 0) is 29.7 Å². The van der Waals surface area contributed by atoms with E-state index in [0.29, 0.717) is 26.0 Å². The van der Waals surface area contributed by atoms with Crippen molar-refractivity contribution in [3.05, 3.63) is 34.9 Å². The number of carbonyl (C=O) groups is 1. The number of methoxy groups -OCH3 is 1. The zero-order valence-corrected chi connectivity index (χ0v) is 15.5. The van der Waals surface area contributed by atoms with Crippen molar-refractivity contribution in [2.75, 3.05) is 20.8 Å². The first-order chi connectivity index (χ1) is 11.3. The van der Waals surface area contributed by atoms with Gasteiger partial charge in [0, 0.05) is 33.8 Å². The van der Waals surface area contributed by atoms with Crippen LogP contribution in [0.15, 0.2) is 18.2 Å². The van der Waals surface area contributed by atoms with Crippen molar-refractivity contribution in [2.24, 2.45) is 0 Å². The van der Waals surface area contributed by atoms with Crippen molar-refractivity contribution in [1.29, 1.82) is 0 Å². The Morgan fingerprint density at radius 2 is 2.08 bits per heavy atom. The van der Waals surface area contributed by atoms with Crippen LogP contribution in [0.25, 0.3) is 0 Å². The first-order valence-corrected chi connectivity index (χ1v) is 9.20. The first kappa shape index (κ1) is 20.8. The van der Waals surface area contributed by atoms with Gasteiger partial charge in [0.15, 0.2) is 0 Å². The monoisotopic (exact) mass is 359 g/mol. The van der Waals surface area contributed by atoms with Crippen molar-refractivity contribution in [3.63, 3.8) is 0 Å². The summed E-state index contributed by atoms with van der Waals surface area (Å²) in [5.41, 5.74) is 2.58. The number of hydrogen-bond donors (Lipinski definition) is 2. The molecule has 0 spiro atoms. The summed E-state index contributed by atoms with van der Waals surface area (Å²) in [4.78, 5) is 21.2. The largest absolute Gasteiger partial charge is 0.472 e. The molecule has 24 heavy (non-hydrogen) atoms. The second kappa shape index (κ2) is 9.91. The Morgan fingerprint density at radius 3 is 2.71 bits per heavy atom. The third-order valence-electron chi connectivity index (χ3n) is 3.55. The van der Waals surface area contributed by atoms with Crippen LogP contribution in [0.1, 0.15) is 42.6 Å². The number of phosphoric ester groups is 1. The van der Waals surface area contributed by atoms with Gasteiger partial charge in [-0.3, -0.25) is 13.8 Å². The molecule has 1 amide bonds. The molecule has 0 fully saturated rings. The minimum atomic E-state index is -4.06. The lowest BCUT2D eigenvalue weighted by Gasteiger charge is -2.19. The predicted molar refractivity (Wildman–Crippen MR) is 90.5 cm³/mol. The fourth-order valence-corrected chi connectivity index (χ4v) is 2.80. The summed E-state index contributed by atoms with van der Waals surface area (Å²) in [6.45, 7) is 4.50. The summed E-state index contributed by atoms with van der Waals surface area (Å²) < 4.78 is 26.0. The molecule has 0 radical (unpaired) electrons. The van der Waals surface area contributed by atoms with E-state index < -0.39 is 13.9 Å². The highest BCUT2D eigenvalue weighted by Crippen LogP contribution is 2.47. The number of phosphoric acid groups is 1. The molecule has 0 aliphatic carbocycles. The standard InChI is InChI=1S/C16H26NO6P/c1-12-7-8-14(11-17-16(18)6-5-9-21-3)10-15(12)13(2)23-24(19,20)22-4/h7-8,10,13H,5-6,9,11H2,1-4H3,(H,17,18)(H,19,20). The second-order valence-electron chi connectivity index (χ2n) is 5.46. The predicted octanol–water partition coefficient (Wildman–Crippen LogP) is 2.86. The molecule has 0 aliphatic rings. The number of nitrogens with one attached hydrogen (secondary N) is 1. The van der Waals surface area contributed by atoms with Crippen molar-refractivity contribution in [2.45, 2.75) is 39.3 Å².